The van der Waals surface area contributed by atoms with E-state index in [-0.39, 0.29) is 18.0 Å². The fourth-order valence-corrected chi connectivity index (χ4v) is 7.56. The Hall–Kier alpha value is -5.87. The van der Waals surface area contributed by atoms with Crippen molar-refractivity contribution in [3.63, 3.8) is 0 Å². The first-order chi connectivity index (χ1) is 26.3. The molecule has 5 atom stereocenters. The number of carbonyl (C=O) groups is 1. The monoisotopic (exact) mass is 731 g/mol. The number of nitrogens with zero attached hydrogens (tertiary/aromatic N) is 10. The minimum absolute atomic E-state index is 0.0232. The van der Waals surface area contributed by atoms with Gasteiger partial charge >= 0.3 is 6.03 Å². The van der Waals surface area contributed by atoms with Crippen LogP contribution in [0.3, 0.4) is 0 Å². The minimum Gasteiger partial charge on any atom is -0.388 e. The van der Waals surface area contributed by atoms with Gasteiger partial charge < -0.3 is 40.2 Å². The fraction of sp³-hybridized carbons (Fsp3) is 0.395. The molecule has 6 aromatic rings. The molecule has 54 heavy (non-hydrogen) atoms. The summed E-state index contributed by atoms with van der Waals surface area (Å²) < 4.78 is 3.68. The van der Waals surface area contributed by atoms with Crippen LogP contribution in [-0.4, -0.2) is 98.2 Å². The zero-order valence-corrected chi connectivity index (χ0v) is 30.3. The van der Waals surface area contributed by atoms with Gasteiger partial charge in [-0.2, -0.15) is 25.0 Å². The number of hydrogen-bond acceptors (Lipinski definition) is 11. The molecule has 1 saturated carbocycles. The number of aliphatic hydroxyl groups is 2. The van der Waals surface area contributed by atoms with Crippen LogP contribution >= 0.6 is 0 Å². The quantitative estimate of drug-likeness (QED) is 0.125. The summed E-state index contributed by atoms with van der Waals surface area (Å²) in [7, 11) is 1.89. The van der Waals surface area contributed by atoms with Crippen LogP contribution in [0.1, 0.15) is 60.3 Å². The van der Waals surface area contributed by atoms with E-state index in [2.05, 4.69) is 60.3 Å². The number of aromatic nitrogens is 9. The molecule has 4 aromatic heterocycles. The van der Waals surface area contributed by atoms with E-state index < -0.39 is 24.3 Å². The molecule has 2 aliphatic rings. The molecular formula is C38H45N13O3. The largest absolute Gasteiger partial charge is 0.388 e. The first kappa shape index (κ1) is 35.2. The number of benzene rings is 2. The second-order valence-corrected chi connectivity index (χ2v) is 14.1. The Labute approximate surface area is 312 Å². The van der Waals surface area contributed by atoms with Crippen LogP contribution in [0.5, 0.6) is 0 Å². The summed E-state index contributed by atoms with van der Waals surface area (Å²) in [5, 5.41) is 41.1. The predicted octanol–water partition coefficient (Wildman–Crippen LogP) is 2.94. The van der Waals surface area contributed by atoms with Gasteiger partial charge in [-0.05, 0) is 30.4 Å². The van der Waals surface area contributed by atoms with Crippen molar-refractivity contribution < 1.29 is 15.0 Å². The van der Waals surface area contributed by atoms with E-state index in [1.165, 1.54) is 4.80 Å². The Balaban J connectivity index is 1.08. The van der Waals surface area contributed by atoms with Crippen LogP contribution < -0.4 is 20.9 Å². The lowest BCUT2D eigenvalue weighted by atomic mass is 9.91. The van der Waals surface area contributed by atoms with Gasteiger partial charge in [0.15, 0.2) is 17.0 Å². The number of hydrogen-bond donors (Lipinski definition) is 5. The summed E-state index contributed by atoms with van der Waals surface area (Å²) in [6, 6.07) is 19.2. The number of imidazole rings is 2. The van der Waals surface area contributed by atoms with Gasteiger partial charge in [-0.3, -0.25) is 0 Å². The van der Waals surface area contributed by atoms with Crippen LogP contribution in [-0.2, 0) is 20.0 Å². The van der Waals surface area contributed by atoms with Gasteiger partial charge in [0.25, 0.3) is 0 Å². The van der Waals surface area contributed by atoms with Crippen LogP contribution in [0.2, 0.25) is 0 Å². The third-order valence-electron chi connectivity index (χ3n) is 10.5. The molecule has 1 saturated heterocycles. The first-order valence-corrected chi connectivity index (χ1v) is 18.5. The van der Waals surface area contributed by atoms with Crippen molar-refractivity contribution in [2.24, 2.45) is 7.05 Å². The summed E-state index contributed by atoms with van der Waals surface area (Å²) >= 11 is 0. The summed E-state index contributed by atoms with van der Waals surface area (Å²) in [5.41, 5.74) is 5.00. The van der Waals surface area contributed by atoms with Gasteiger partial charge in [-0.15, -0.1) is 0 Å². The molecule has 16 nitrogen and oxygen atoms in total. The van der Waals surface area contributed by atoms with Crippen LogP contribution in [0.25, 0.3) is 11.2 Å². The first-order valence-electron chi connectivity index (χ1n) is 18.5. The lowest BCUT2D eigenvalue weighted by Gasteiger charge is -2.22. The van der Waals surface area contributed by atoms with E-state index >= 15 is 0 Å². The van der Waals surface area contributed by atoms with E-state index in [1.54, 1.807) is 18.9 Å². The topological polar surface area (TPSA) is 189 Å². The minimum atomic E-state index is -1.11. The maximum absolute atomic E-state index is 12.8. The zero-order chi connectivity index (χ0) is 37.2. The Morgan fingerprint density at radius 3 is 2.37 bits per heavy atom. The Morgan fingerprint density at radius 1 is 0.944 bits per heavy atom. The SMILES string of the molecule is CCc1cnn([C@H]2C[C@@H](n3cnc4c(NCC(c5ccccc5)c5ccccc5)nc(N5CC[C@@H](NC(=O)NCc6cn(C)cn6)C5)nc43)[C@H](O)[C@@H]2O)n1. The lowest BCUT2D eigenvalue weighted by Crippen LogP contribution is -2.43. The van der Waals surface area contributed by atoms with Crippen molar-refractivity contribution in [1.82, 2.24) is 54.7 Å². The van der Waals surface area contributed by atoms with Crippen LogP contribution in [0, 0.1) is 0 Å². The number of aliphatic hydroxyl groups excluding tert-OH is 2. The molecule has 0 spiro atoms. The van der Waals surface area contributed by atoms with E-state index in [0.29, 0.717) is 68.4 Å². The molecule has 8 rings (SSSR count). The third kappa shape index (κ3) is 7.21. The number of amides is 2. The number of nitrogens with one attached hydrogen (secondary N) is 3. The molecule has 0 radical (unpaired) electrons. The van der Waals surface area contributed by atoms with E-state index in [4.69, 9.17) is 15.0 Å². The molecule has 1 aliphatic carbocycles. The molecule has 1 aliphatic heterocycles. The van der Waals surface area contributed by atoms with Crippen molar-refractivity contribution in [1.29, 1.82) is 0 Å². The molecule has 2 amide bonds. The highest BCUT2D eigenvalue weighted by molar-refractivity contribution is 5.84. The smallest absolute Gasteiger partial charge is 0.315 e. The van der Waals surface area contributed by atoms with Crippen molar-refractivity contribution in [2.75, 3.05) is 29.9 Å². The maximum atomic E-state index is 12.8. The molecular weight excluding hydrogens is 687 g/mol. The normalized spacial score (nSPS) is 21.3. The molecule has 0 unspecified atom stereocenters. The number of urea groups is 1. The van der Waals surface area contributed by atoms with Gasteiger partial charge in [0.1, 0.15) is 18.2 Å². The van der Waals surface area contributed by atoms with Gasteiger partial charge in [-0.25, -0.2) is 14.8 Å². The highest BCUT2D eigenvalue weighted by atomic mass is 16.3. The number of rotatable bonds is 12. The van der Waals surface area contributed by atoms with Gasteiger partial charge in [0.2, 0.25) is 5.95 Å². The Morgan fingerprint density at radius 2 is 1.69 bits per heavy atom. The van der Waals surface area contributed by atoms with Crippen molar-refractivity contribution in [3.05, 3.63) is 108 Å². The van der Waals surface area contributed by atoms with Crippen molar-refractivity contribution in [2.45, 2.75) is 69.0 Å². The number of aryl methyl sites for hydroxylation is 2. The number of fused-ring (bicyclic) bond motifs is 1. The average Bonchev–Trinajstić information content (AvgIpc) is 4.05. The third-order valence-corrected chi connectivity index (χ3v) is 10.5. The lowest BCUT2D eigenvalue weighted by molar-refractivity contribution is 0.00497. The summed E-state index contributed by atoms with van der Waals surface area (Å²) in [5.74, 6) is 1.06. The fourth-order valence-electron chi connectivity index (χ4n) is 7.56. The summed E-state index contributed by atoms with van der Waals surface area (Å²) in [6.07, 6.45) is 6.52. The summed E-state index contributed by atoms with van der Waals surface area (Å²) in [4.78, 5) is 35.5. The Kier molecular flexibility index (Phi) is 9.93. The predicted molar refractivity (Wildman–Crippen MR) is 202 cm³/mol. The van der Waals surface area contributed by atoms with E-state index in [0.717, 1.165) is 22.5 Å². The second-order valence-electron chi connectivity index (χ2n) is 14.1. The molecule has 5 N–H and O–H groups in total. The molecule has 280 valence electrons. The standard InChI is InChI=1S/C38H45N13O3/c1-3-26-18-43-51(47-26)31-16-30(33(52)34(31)53)50-23-42-32-35(39-19-29(24-10-6-4-7-11-24)25-12-8-5-9-13-25)45-37(46-36(32)50)49-15-14-27(21-49)44-38(54)40-17-28-20-48(2)22-41-28/h4-13,18,20,22-23,27,29-31,33-34,52-53H,3,14-17,19,21H2,1-2H3,(H,39,45,46)(H2,40,44,54)/t27-,30-,31+,33+,34-/m1/s1. The molecule has 5 heterocycles. The average molecular weight is 732 g/mol. The number of anilines is 2. The second kappa shape index (κ2) is 15.2. The van der Waals surface area contributed by atoms with Crippen LogP contribution in [0.4, 0.5) is 16.6 Å². The molecule has 2 aromatic carbocycles. The van der Waals surface area contributed by atoms with E-state index in [1.807, 2.05) is 65.7 Å². The maximum Gasteiger partial charge on any atom is 0.315 e. The molecule has 2 fully saturated rings. The van der Waals surface area contributed by atoms with Crippen molar-refractivity contribution in [3.8, 4) is 0 Å². The number of carbonyl (C=O) groups excluding carboxylic acids is 1. The highest BCUT2D eigenvalue weighted by Gasteiger charge is 2.45. The highest BCUT2D eigenvalue weighted by Crippen LogP contribution is 2.40. The van der Waals surface area contributed by atoms with Crippen LogP contribution in [0.15, 0.2) is 85.7 Å². The van der Waals surface area contributed by atoms with Crippen molar-refractivity contribution >= 4 is 29.0 Å². The zero-order valence-electron chi connectivity index (χ0n) is 30.3. The van der Waals surface area contributed by atoms with Gasteiger partial charge in [0, 0.05) is 44.8 Å². The molecule has 0 bridgehead atoms. The van der Waals surface area contributed by atoms with Gasteiger partial charge in [-0.1, -0.05) is 67.6 Å². The Bertz CT molecular complexity index is 2150. The van der Waals surface area contributed by atoms with Gasteiger partial charge in [0.05, 0.1) is 42.8 Å². The van der Waals surface area contributed by atoms with E-state index in [9.17, 15) is 15.0 Å². The molecule has 16 heteroatoms. The summed E-state index contributed by atoms with van der Waals surface area (Å²) in [6.45, 7) is 3.98.